The molecule has 30 heavy (non-hydrogen) atoms. The molecule has 2 fully saturated rings. The molecular formula is C22H21Cl2FN4O. The maximum absolute atomic E-state index is 13.5. The quantitative estimate of drug-likeness (QED) is 0.582. The third kappa shape index (κ3) is 3.57. The molecule has 5 nitrogen and oxygen atoms in total. The molecule has 0 aliphatic carbocycles. The van der Waals surface area contributed by atoms with Crippen molar-refractivity contribution in [3.63, 3.8) is 0 Å². The van der Waals surface area contributed by atoms with Gasteiger partial charge in [-0.2, -0.15) is 0 Å². The molecule has 3 aromatic rings. The van der Waals surface area contributed by atoms with Gasteiger partial charge in [0.15, 0.2) is 0 Å². The number of amides is 1. The molecule has 156 valence electrons. The topological polar surface area (TPSA) is 40.9 Å². The Labute approximate surface area is 184 Å². The smallest absolute Gasteiger partial charge is 0.255 e. The van der Waals surface area contributed by atoms with Crippen LogP contribution in [0.2, 0.25) is 10.2 Å². The zero-order chi connectivity index (χ0) is 20.8. The number of imidazole rings is 1. The van der Waals surface area contributed by atoms with Gasteiger partial charge in [0, 0.05) is 38.4 Å². The number of hydrogen-bond acceptors (Lipinski definition) is 3. The van der Waals surface area contributed by atoms with Crippen LogP contribution in [0.3, 0.4) is 0 Å². The number of fused-ring (bicyclic) bond motifs is 2. The van der Waals surface area contributed by atoms with Gasteiger partial charge in [0.2, 0.25) is 0 Å². The van der Waals surface area contributed by atoms with E-state index in [2.05, 4.69) is 9.88 Å². The highest BCUT2D eigenvalue weighted by molar-refractivity contribution is 6.30. The number of carbonyl (C=O) groups excluding carboxylic acids is 1. The summed E-state index contributed by atoms with van der Waals surface area (Å²) in [6.45, 7) is 3.13. The number of pyridine rings is 1. The first-order valence-electron chi connectivity index (χ1n) is 10.1. The average molecular weight is 447 g/mol. The van der Waals surface area contributed by atoms with E-state index in [1.165, 1.54) is 6.07 Å². The lowest BCUT2D eigenvalue weighted by Gasteiger charge is -2.46. The molecule has 2 saturated heterocycles. The number of piperidine rings is 1. The summed E-state index contributed by atoms with van der Waals surface area (Å²) in [7, 11) is 0. The number of nitrogens with zero attached hydrogens (tertiary/aromatic N) is 4. The van der Waals surface area contributed by atoms with Gasteiger partial charge in [0.1, 0.15) is 16.6 Å². The van der Waals surface area contributed by atoms with Gasteiger partial charge in [-0.1, -0.05) is 29.3 Å². The Morgan fingerprint density at radius 1 is 1.10 bits per heavy atom. The van der Waals surface area contributed by atoms with Gasteiger partial charge in [-0.05, 0) is 48.6 Å². The van der Waals surface area contributed by atoms with E-state index in [0.29, 0.717) is 35.8 Å². The fourth-order valence-electron chi connectivity index (χ4n) is 4.66. The molecule has 1 amide bonds. The second kappa shape index (κ2) is 7.84. The molecule has 0 spiro atoms. The minimum atomic E-state index is -0.378. The highest BCUT2D eigenvalue weighted by Crippen LogP contribution is 2.33. The Kier molecular flexibility index (Phi) is 5.17. The van der Waals surface area contributed by atoms with Gasteiger partial charge < -0.3 is 4.90 Å². The lowest BCUT2D eigenvalue weighted by atomic mass is 9.86. The first-order chi connectivity index (χ1) is 14.5. The number of halogens is 3. The molecule has 2 unspecified atom stereocenters. The molecule has 4 heterocycles. The number of aromatic nitrogens is 2. The second-order valence-corrected chi connectivity index (χ2v) is 8.87. The number of piperazine rings is 1. The highest BCUT2D eigenvalue weighted by Gasteiger charge is 2.35. The van der Waals surface area contributed by atoms with Crippen molar-refractivity contribution in [2.75, 3.05) is 26.2 Å². The highest BCUT2D eigenvalue weighted by atomic mass is 35.5. The van der Waals surface area contributed by atoms with E-state index in [1.54, 1.807) is 22.9 Å². The van der Waals surface area contributed by atoms with Crippen molar-refractivity contribution >= 4 is 34.8 Å². The van der Waals surface area contributed by atoms with Crippen molar-refractivity contribution in [2.45, 2.75) is 24.8 Å². The second-order valence-electron chi connectivity index (χ2n) is 8.07. The Morgan fingerprint density at radius 2 is 1.97 bits per heavy atom. The zero-order valence-corrected chi connectivity index (χ0v) is 17.8. The van der Waals surface area contributed by atoms with E-state index in [-0.39, 0.29) is 16.7 Å². The zero-order valence-electron chi connectivity index (χ0n) is 16.3. The molecule has 8 heteroatoms. The van der Waals surface area contributed by atoms with Crippen LogP contribution in [0.25, 0.3) is 5.65 Å². The third-order valence-corrected chi connectivity index (χ3v) is 6.89. The number of benzene rings is 1. The summed E-state index contributed by atoms with van der Waals surface area (Å²) in [5.41, 5.74) is 2.43. The number of rotatable bonds is 2. The Hall–Kier alpha value is -2.15. The average Bonchev–Trinajstić information content (AvgIpc) is 3.14. The summed E-state index contributed by atoms with van der Waals surface area (Å²) in [5, 5.41) is 0.670. The predicted octanol–water partition coefficient (Wildman–Crippen LogP) is 4.48. The fourth-order valence-corrected chi connectivity index (χ4v) is 5.03. The van der Waals surface area contributed by atoms with E-state index < -0.39 is 0 Å². The van der Waals surface area contributed by atoms with E-state index >= 15 is 0 Å². The van der Waals surface area contributed by atoms with Crippen LogP contribution in [0.5, 0.6) is 0 Å². The molecule has 2 aliphatic heterocycles. The monoisotopic (exact) mass is 446 g/mol. The molecule has 2 atom stereocenters. The van der Waals surface area contributed by atoms with E-state index in [9.17, 15) is 9.18 Å². The van der Waals surface area contributed by atoms with Crippen LogP contribution in [-0.2, 0) is 0 Å². The molecule has 0 N–H and O–H groups in total. The molecule has 0 radical (unpaired) electrons. The minimum Gasteiger partial charge on any atom is -0.336 e. The Bertz CT molecular complexity index is 1120. The van der Waals surface area contributed by atoms with Crippen LogP contribution in [0, 0.1) is 5.82 Å². The molecule has 0 bridgehead atoms. The Morgan fingerprint density at radius 3 is 2.80 bits per heavy atom. The van der Waals surface area contributed by atoms with Crippen molar-refractivity contribution < 1.29 is 9.18 Å². The largest absolute Gasteiger partial charge is 0.336 e. The summed E-state index contributed by atoms with van der Waals surface area (Å²) in [6, 6.07) is 9.00. The normalized spacial score (nSPS) is 22.3. The van der Waals surface area contributed by atoms with Crippen LogP contribution in [0.15, 0.2) is 42.7 Å². The summed E-state index contributed by atoms with van der Waals surface area (Å²) in [5.74, 6) is -0.0162. The Balaban J connectivity index is 1.27. The van der Waals surface area contributed by atoms with E-state index in [4.69, 9.17) is 23.2 Å². The predicted molar refractivity (Wildman–Crippen MR) is 115 cm³/mol. The van der Waals surface area contributed by atoms with Crippen molar-refractivity contribution in [2.24, 2.45) is 0 Å². The molecular weight excluding hydrogens is 426 g/mol. The summed E-state index contributed by atoms with van der Waals surface area (Å²) < 4.78 is 15.2. The third-order valence-electron chi connectivity index (χ3n) is 6.32. The van der Waals surface area contributed by atoms with Crippen LogP contribution in [0.4, 0.5) is 4.39 Å². The summed E-state index contributed by atoms with van der Waals surface area (Å²) in [4.78, 5) is 21.7. The van der Waals surface area contributed by atoms with Crippen LogP contribution < -0.4 is 0 Å². The minimum absolute atomic E-state index is 0.0220. The summed E-state index contributed by atoms with van der Waals surface area (Å²) >= 11 is 12.1. The van der Waals surface area contributed by atoms with Gasteiger partial charge in [0.25, 0.3) is 5.91 Å². The van der Waals surface area contributed by atoms with Crippen molar-refractivity contribution in [1.29, 1.82) is 0 Å². The fraction of sp³-hybridized carbons (Fsp3) is 0.364. The lowest BCUT2D eigenvalue weighted by Crippen LogP contribution is -2.57. The maximum Gasteiger partial charge on any atom is 0.255 e. The van der Waals surface area contributed by atoms with Crippen molar-refractivity contribution in [1.82, 2.24) is 19.2 Å². The standard InChI is InChI=1S/C22H21Cl2FN4O/c23-18-9-14(2-5-19(18)25)15-1-4-17-13-28(8-7-27(17)11-15)22(30)16-3-6-21-26-10-20(24)29(21)12-16/h2-3,5-6,9-10,12,15,17H,1,4,7-8,11,13H2. The van der Waals surface area contributed by atoms with Gasteiger partial charge >= 0.3 is 0 Å². The van der Waals surface area contributed by atoms with Gasteiger partial charge in [-0.3, -0.25) is 14.1 Å². The first-order valence-corrected chi connectivity index (χ1v) is 10.9. The van der Waals surface area contributed by atoms with E-state index in [1.807, 2.05) is 23.1 Å². The lowest BCUT2D eigenvalue weighted by molar-refractivity contribution is 0.0329. The molecule has 0 saturated carbocycles. The molecule has 5 rings (SSSR count). The van der Waals surface area contributed by atoms with Crippen LogP contribution >= 0.6 is 23.2 Å². The maximum atomic E-state index is 13.5. The van der Waals surface area contributed by atoms with Crippen LogP contribution in [0.1, 0.15) is 34.7 Å². The van der Waals surface area contributed by atoms with Gasteiger partial charge in [-0.15, -0.1) is 0 Å². The molecule has 2 aliphatic rings. The van der Waals surface area contributed by atoms with Gasteiger partial charge in [0.05, 0.1) is 16.8 Å². The number of carbonyl (C=O) groups is 1. The SMILES string of the molecule is O=C(c1ccc2ncc(Cl)n2c1)N1CCN2CC(c3ccc(F)c(Cl)c3)CCC2C1. The van der Waals surface area contributed by atoms with Crippen LogP contribution in [-0.4, -0.2) is 57.3 Å². The first kappa shape index (κ1) is 19.8. The molecule has 2 aromatic heterocycles. The van der Waals surface area contributed by atoms with Gasteiger partial charge in [-0.25, -0.2) is 9.37 Å². The number of hydrogen-bond donors (Lipinski definition) is 0. The van der Waals surface area contributed by atoms with Crippen molar-refractivity contribution in [3.8, 4) is 0 Å². The summed E-state index contributed by atoms with van der Waals surface area (Å²) in [6.07, 6.45) is 5.34. The van der Waals surface area contributed by atoms with Crippen molar-refractivity contribution in [3.05, 3.63) is 69.8 Å². The molecule has 1 aromatic carbocycles. The van der Waals surface area contributed by atoms with E-state index in [0.717, 1.165) is 37.1 Å².